The van der Waals surface area contributed by atoms with E-state index in [0.717, 1.165) is 10.9 Å². The van der Waals surface area contributed by atoms with Crippen molar-refractivity contribution in [1.29, 1.82) is 0 Å². The Bertz CT molecular complexity index is 812. The van der Waals surface area contributed by atoms with E-state index in [1.807, 2.05) is 24.3 Å². The van der Waals surface area contributed by atoms with Crippen LogP contribution in [-0.2, 0) is 0 Å². The Morgan fingerprint density at radius 2 is 1.71 bits per heavy atom. The van der Waals surface area contributed by atoms with Crippen molar-refractivity contribution < 1.29 is 9.94 Å². The van der Waals surface area contributed by atoms with Gasteiger partial charge in [-0.2, -0.15) is 0 Å². The number of nitrogens with zero attached hydrogens (tertiary/aromatic N) is 3. The summed E-state index contributed by atoms with van der Waals surface area (Å²) in [6.45, 7) is 0. The summed E-state index contributed by atoms with van der Waals surface area (Å²) in [6, 6.07) is 12.8. The van der Waals surface area contributed by atoms with Crippen LogP contribution in [0, 0.1) is 0 Å². The van der Waals surface area contributed by atoms with E-state index >= 15 is 0 Å². The van der Waals surface area contributed by atoms with Gasteiger partial charge in [-0.3, -0.25) is 4.98 Å². The van der Waals surface area contributed by atoms with Crippen LogP contribution in [-0.4, -0.2) is 21.0 Å². The standard InChI is InChI=1S/C15H12N4O2/c16-15(19-20)14-12(7-3-9-18-14)21-11-6-1-4-10-5-2-8-17-13(10)11/h1-9,20H,(H2,16,19). The van der Waals surface area contributed by atoms with Crippen molar-refractivity contribution in [3.05, 3.63) is 60.6 Å². The summed E-state index contributed by atoms with van der Waals surface area (Å²) in [7, 11) is 0. The number of hydrogen-bond acceptors (Lipinski definition) is 5. The average molecular weight is 280 g/mol. The van der Waals surface area contributed by atoms with E-state index < -0.39 is 0 Å². The molecule has 3 rings (SSSR count). The topological polar surface area (TPSA) is 93.6 Å². The molecule has 0 aliphatic carbocycles. The highest BCUT2D eigenvalue weighted by atomic mass is 16.5. The number of benzene rings is 1. The highest BCUT2D eigenvalue weighted by Crippen LogP contribution is 2.29. The fourth-order valence-corrected chi connectivity index (χ4v) is 1.99. The zero-order chi connectivity index (χ0) is 14.7. The lowest BCUT2D eigenvalue weighted by Gasteiger charge is -2.10. The normalized spacial score (nSPS) is 11.5. The highest BCUT2D eigenvalue weighted by molar-refractivity contribution is 5.97. The van der Waals surface area contributed by atoms with Gasteiger partial charge in [0.05, 0.1) is 0 Å². The van der Waals surface area contributed by atoms with Gasteiger partial charge in [0, 0.05) is 17.8 Å². The molecule has 0 aliphatic heterocycles. The summed E-state index contributed by atoms with van der Waals surface area (Å²) in [5.41, 5.74) is 6.61. The maximum Gasteiger partial charge on any atom is 0.192 e. The van der Waals surface area contributed by atoms with Gasteiger partial charge in [-0.15, -0.1) is 0 Å². The van der Waals surface area contributed by atoms with Crippen molar-refractivity contribution in [2.75, 3.05) is 0 Å². The molecule has 0 atom stereocenters. The van der Waals surface area contributed by atoms with Crippen molar-refractivity contribution >= 4 is 16.7 Å². The Labute approximate surface area is 120 Å². The number of rotatable bonds is 3. The Kier molecular flexibility index (Phi) is 3.34. The maximum atomic E-state index is 8.81. The van der Waals surface area contributed by atoms with Crippen molar-refractivity contribution in [3.8, 4) is 11.5 Å². The summed E-state index contributed by atoms with van der Waals surface area (Å²) in [4.78, 5) is 8.38. The number of amidine groups is 1. The molecule has 0 saturated heterocycles. The molecule has 2 heterocycles. The first kappa shape index (κ1) is 12.9. The minimum atomic E-state index is -0.112. The van der Waals surface area contributed by atoms with Gasteiger partial charge in [0.15, 0.2) is 23.0 Å². The number of para-hydroxylation sites is 1. The zero-order valence-electron chi connectivity index (χ0n) is 11.0. The Balaban J connectivity index is 2.08. The third kappa shape index (κ3) is 2.46. The van der Waals surface area contributed by atoms with E-state index in [-0.39, 0.29) is 11.5 Å². The lowest BCUT2D eigenvalue weighted by atomic mass is 10.2. The number of aromatic nitrogens is 2. The smallest absolute Gasteiger partial charge is 0.192 e. The van der Waals surface area contributed by atoms with Crippen LogP contribution < -0.4 is 10.5 Å². The van der Waals surface area contributed by atoms with Gasteiger partial charge in [0.1, 0.15) is 5.52 Å². The van der Waals surface area contributed by atoms with E-state index in [1.54, 1.807) is 30.6 Å². The third-order valence-electron chi connectivity index (χ3n) is 2.94. The lowest BCUT2D eigenvalue weighted by Crippen LogP contribution is -2.16. The summed E-state index contributed by atoms with van der Waals surface area (Å²) in [5, 5.41) is 12.7. The van der Waals surface area contributed by atoms with Crippen LogP contribution in [0.2, 0.25) is 0 Å². The van der Waals surface area contributed by atoms with E-state index in [4.69, 9.17) is 15.7 Å². The number of hydrogen-bond donors (Lipinski definition) is 2. The van der Waals surface area contributed by atoms with E-state index in [0.29, 0.717) is 11.5 Å². The van der Waals surface area contributed by atoms with Gasteiger partial charge >= 0.3 is 0 Å². The molecular formula is C15H12N4O2. The van der Waals surface area contributed by atoms with Crippen LogP contribution in [0.3, 0.4) is 0 Å². The van der Waals surface area contributed by atoms with Crippen LogP contribution in [0.15, 0.2) is 60.0 Å². The molecule has 1 aromatic carbocycles. The molecule has 0 radical (unpaired) electrons. The highest BCUT2D eigenvalue weighted by Gasteiger charge is 2.12. The fraction of sp³-hybridized carbons (Fsp3) is 0. The molecule has 21 heavy (non-hydrogen) atoms. The molecule has 6 heteroatoms. The molecule has 0 amide bonds. The molecule has 2 aromatic heterocycles. The van der Waals surface area contributed by atoms with Gasteiger partial charge in [0.25, 0.3) is 0 Å². The van der Waals surface area contributed by atoms with E-state index in [1.165, 1.54) is 0 Å². The Morgan fingerprint density at radius 3 is 2.57 bits per heavy atom. The van der Waals surface area contributed by atoms with Crippen LogP contribution >= 0.6 is 0 Å². The zero-order valence-corrected chi connectivity index (χ0v) is 11.0. The van der Waals surface area contributed by atoms with Crippen LogP contribution in [0.4, 0.5) is 0 Å². The summed E-state index contributed by atoms with van der Waals surface area (Å²) >= 11 is 0. The second-order valence-corrected chi connectivity index (χ2v) is 4.27. The number of oxime groups is 1. The van der Waals surface area contributed by atoms with Crippen molar-refractivity contribution in [2.45, 2.75) is 0 Å². The molecule has 104 valence electrons. The van der Waals surface area contributed by atoms with Gasteiger partial charge in [-0.1, -0.05) is 23.4 Å². The quantitative estimate of drug-likeness (QED) is 0.333. The van der Waals surface area contributed by atoms with Crippen molar-refractivity contribution in [3.63, 3.8) is 0 Å². The Hall–Kier alpha value is -3.15. The van der Waals surface area contributed by atoms with Gasteiger partial charge in [-0.25, -0.2) is 4.98 Å². The Morgan fingerprint density at radius 1 is 1.00 bits per heavy atom. The summed E-state index contributed by atoms with van der Waals surface area (Å²) < 4.78 is 5.85. The SMILES string of the molecule is N/C(=N/O)c1ncccc1Oc1cccc2cccnc12. The van der Waals surface area contributed by atoms with Crippen LogP contribution in [0.1, 0.15) is 5.69 Å². The van der Waals surface area contributed by atoms with Gasteiger partial charge in [-0.05, 0) is 24.3 Å². The molecule has 6 nitrogen and oxygen atoms in total. The minimum Gasteiger partial charge on any atom is -0.453 e. The monoisotopic (exact) mass is 280 g/mol. The second kappa shape index (κ2) is 5.46. The molecule has 0 aliphatic rings. The van der Waals surface area contributed by atoms with Crippen molar-refractivity contribution in [1.82, 2.24) is 9.97 Å². The number of ether oxygens (including phenoxy) is 1. The third-order valence-corrected chi connectivity index (χ3v) is 2.94. The van der Waals surface area contributed by atoms with Gasteiger partial charge in [0.2, 0.25) is 0 Å². The molecule has 0 bridgehead atoms. The average Bonchev–Trinajstić information content (AvgIpc) is 2.55. The summed E-state index contributed by atoms with van der Waals surface area (Å²) in [5.74, 6) is 0.859. The molecular weight excluding hydrogens is 268 g/mol. The first-order valence-electron chi connectivity index (χ1n) is 6.24. The first-order valence-corrected chi connectivity index (χ1v) is 6.24. The molecule has 0 spiro atoms. The number of nitrogens with two attached hydrogens (primary N) is 1. The summed E-state index contributed by atoms with van der Waals surface area (Å²) in [6.07, 6.45) is 3.24. The molecule has 3 aromatic rings. The molecule has 0 unspecified atom stereocenters. The molecule has 0 fully saturated rings. The second-order valence-electron chi connectivity index (χ2n) is 4.27. The van der Waals surface area contributed by atoms with Gasteiger partial charge < -0.3 is 15.7 Å². The van der Waals surface area contributed by atoms with Crippen LogP contribution in [0.25, 0.3) is 10.9 Å². The number of fused-ring (bicyclic) bond motifs is 1. The molecule has 3 N–H and O–H groups in total. The number of pyridine rings is 2. The maximum absolute atomic E-state index is 8.81. The largest absolute Gasteiger partial charge is 0.453 e. The first-order chi connectivity index (χ1) is 10.3. The fourth-order valence-electron chi connectivity index (χ4n) is 1.99. The molecule has 0 saturated carbocycles. The van der Waals surface area contributed by atoms with E-state index in [2.05, 4.69) is 15.1 Å². The van der Waals surface area contributed by atoms with Crippen molar-refractivity contribution in [2.24, 2.45) is 10.9 Å². The predicted molar refractivity (Wildman–Crippen MR) is 78.6 cm³/mol. The van der Waals surface area contributed by atoms with Crippen LogP contribution in [0.5, 0.6) is 11.5 Å². The lowest BCUT2D eigenvalue weighted by molar-refractivity contribution is 0.318. The minimum absolute atomic E-state index is 0.112. The predicted octanol–water partition coefficient (Wildman–Crippen LogP) is 2.52. The van der Waals surface area contributed by atoms with E-state index in [9.17, 15) is 0 Å².